The van der Waals surface area contributed by atoms with Crippen LogP contribution in [0.15, 0.2) is 12.1 Å². The summed E-state index contributed by atoms with van der Waals surface area (Å²) < 4.78 is 0.904. The first kappa shape index (κ1) is 16.3. The van der Waals surface area contributed by atoms with Crippen LogP contribution in [0.4, 0.5) is 0 Å². The molecular weight excluding hydrogens is 287 g/mol. The van der Waals surface area contributed by atoms with Crippen molar-refractivity contribution in [1.29, 1.82) is 0 Å². The molecule has 0 spiro atoms. The second-order valence-electron chi connectivity index (χ2n) is 4.66. The SMILES string of the molecule is CCCN(Cc1ccc(Cl)s1)C1CCNCC1.Cl. The summed E-state index contributed by atoms with van der Waals surface area (Å²) in [6.45, 7) is 6.84. The molecule has 0 amide bonds. The van der Waals surface area contributed by atoms with Crippen LogP contribution in [0.3, 0.4) is 0 Å². The Hall–Kier alpha value is 0.200. The predicted octanol–water partition coefficient (Wildman–Crippen LogP) is 3.79. The lowest BCUT2D eigenvalue weighted by Crippen LogP contribution is -2.42. The molecule has 0 unspecified atom stereocenters. The van der Waals surface area contributed by atoms with Gasteiger partial charge in [0, 0.05) is 17.5 Å². The minimum absolute atomic E-state index is 0. The van der Waals surface area contributed by atoms with E-state index >= 15 is 0 Å². The van der Waals surface area contributed by atoms with Crippen LogP contribution in [0, 0.1) is 0 Å². The smallest absolute Gasteiger partial charge is 0.0931 e. The summed E-state index contributed by atoms with van der Waals surface area (Å²) in [4.78, 5) is 4.02. The topological polar surface area (TPSA) is 15.3 Å². The van der Waals surface area contributed by atoms with Gasteiger partial charge in [-0.25, -0.2) is 0 Å². The summed E-state index contributed by atoms with van der Waals surface area (Å²) in [7, 11) is 0. The van der Waals surface area contributed by atoms with E-state index in [2.05, 4.69) is 23.2 Å². The van der Waals surface area contributed by atoms with Gasteiger partial charge in [0.2, 0.25) is 0 Å². The zero-order valence-electron chi connectivity index (χ0n) is 10.8. The van der Waals surface area contributed by atoms with Gasteiger partial charge in [0.1, 0.15) is 0 Å². The maximum atomic E-state index is 6.00. The fourth-order valence-corrected chi connectivity index (χ4v) is 3.60. The van der Waals surface area contributed by atoms with Crippen molar-refractivity contribution in [2.45, 2.75) is 38.8 Å². The van der Waals surface area contributed by atoms with Crippen LogP contribution in [0.25, 0.3) is 0 Å². The van der Waals surface area contributed by atoms with E-state index in [1.54, 1.807) is 11.3 Å². The molecule has 0 aromatic carbocycles. The molecule has 0 aliphatic carbocycles. The van der Waals surface area contributed by atoms with Gasteiger partial charge in [-0.15, -0.1) is 23.7 Å². The lowest BCUT2D eigenvalue weighted by atomic mass is 10.0. The molecule has 1 saturated heterocycles. The monoisotopic (exact) mass is 308 g/mol. The first-order valence-electron chi connectivity index (χ1n) is 6.48. The Kier molecular flexibility index (Phi) is 7.57. The first-order valence-corrected chi connectivity index (χ1v) is 7.68. The third kappa shape index (κ3) is 4.71. The molecule has 2 rings (SSSR count). The molecule has 1 N–H and O–H groups in total. The van der Waals surface area contributed by atoms with E-state index in [-0.39, 0.29) is 12.4 Å². The lowest BCUT2D eigenvalue weighted by molar-refractivity contribution is 0.155. The molecule has 1 aromatic rings. The van der Waals surface area contributed by atoms with Crippen LogP contribution in [0.1, 0.15) is 31.1 Å². The van der Waals surface area contributed by atoms with Crippen molar-refractivity contribution in [2.75, 3.05) is 19.6 Å². The number of nitrogens with one attached hydrogen (secondary N) is 1. The normalized spacial score (nSPS) is 16.8. The molecule has 0 atom stereocenters. The van der Waals surface area contributed by atoms with Gasteiger partial charge in [0.15, 0.2) is 0 Å². The second-order valence-corrected chi connectivity index (χ2v) is 6.46. The predicted molar refractivity (Wildman–Crippen MR) is 83.2 cm³/mol. The Morgan fingerprint density at radius 3 is 2.67 bits per heavy atom. The quantitative estimate of drug-likeness (QED) is 0.890. The molecule has 1 aliphatic rings. The van der Waals surface area contributed by atoms with E-state index in [1.165, 1.54) is 30.7 Å². The Labute approximate surface area is 125 Å². The number of piperidine rings is 1. The molecule has 2 nitrogen and oxygen atoms in total. The van der Waals surface area contributed by atoms with Crippen LogP contribution in [0.5, 0.6) is 0 Å². The van der Waals surface area contributed by atoms with E-state index in [9.17, 15) is 0 Å². The molecule has 2 heterocycles. The molecular formula is C13H22Cl2N2S. The van der Waals surface area contributed by atoms with Gasteiger partial charge in [-0.1, -0.05) is 18.5 Å². The van der Waals surface area contributed by atoms with Crippen molar-refractivity contribution >= 4 is 35.3 Å². The summed E-state index contributed by atoms with van der Waals surface area (Å²) in [5, 5.41) is 3.43. The van der Waals surface area contributed by atoms with E-state index < -0.39 is 0 Å². The zero-order valence-corrected chi connectivity index (χ0v) is 13.2. The molecule has 0 saturated carbocycles. The highest BCUT2D eigenvalue weighted by Gasteiger charge is 2.20. The van der Waals surface area contributed by atoms with Crippen LogP contribution in [-0.2, 0) is 6.54 Å². The van der Waals surface area contributed by atoms with E-state index in [0.29, 0.717) is 0 Å². The van der Waals surface area contributed by atoms with Crippen molar-refractivity contribution in [3.8, 4) is 0 Å². The van der Waals surface area contributed by atoms with Crippen molar-refractivity contribution in [2.24, 2.45) is 0 Å². The van der Waals surface area contributed by atoms with E-state index in [1.807, 2.05) is 6.07 Å². The third-order valence-electron chi connectivity index (χ3n) is 3.32. The van der Waals surface area contributed by atoms with Crippen molar-refractivity contribution in [3.05, 3.63) is 21.3 Å². The summed E-state index contributed by atoms with van der Waals surface area (Å²) in [6.07, 6.45) is 3.78. The van der Waals surface area contributed by atoms with Crippen molar-refractivity contribution in [1.82, 2.24) is 10.2 Å². The largest absolute Gasteiger partial charge is 0.317 e. The summed E-state index contributed by atoms with van der Waals surface area (Å²) in [6, 6.07) is 4.92. The van der Waals surface area contributed by atoms with Gasteiger partial charge in [-0.2, -0.15) is 0 Å². The van der Waals surface area contributed by atoms with E-state index in [0.717, 1.165) is 30.0 Å². The highest BCUT2D eigenvalue weighted by atomic mass is 35.5. The van der Waals surface area contributed by atoms with Crippen molar-refractivity contribution in [3.63, 3.8) is 0 Å². The molecule has 1 aliphatic heterocycles. The average Bonchev–Trinajstić information content (AvgIpc) is 2.75. The van der Waals surface area contributed by atoms with Crippen LogP contribution >= 0.6 is 35.3 Å². The second kappa shape index (κ2) is 8.39. The molecule has 0 bridgehead atoms. The van der Waals surface area contributed by atoms with Crippen LogP contribution in [-0.4, -0.2) is 30.6 Å². The average molecular weight is 309 g/mol. The van der Waals surface area contributed by atoms with Gasteiger partial charge >= 0.3 is 0 Å². The highest BCUT2D eigenvalue weighted by molar-refractivity contribution is 7.16. The standard InChI is InChI=1S/C13H21ClN2S.ClH/c1-2-9-16(11-5-7-15-8-6-11)10-12-3-4-13(14)17-12;/h3-4,11,15H,2,5-10H2,1H3;1H. The van der Waals surface area contributed by atoms with Gasteiger partial charge < -0.3 is 5.32 Å². The lowest BCUT2D eigenvalue weighted by Gasteiger charge is -2.34. The fourth-order valence-electron chi connectivity index (χ4n) is 2.49. The highest BCUT2D eigenvalue weighted by Crippen LogP contribution is 2.24. The summed E-state index contributed by atoms with van der Waals surface area (Å²) >= 11 is 7.71. The Bertz CT molecular complexity index is 337. The first-order chi connectivity index (χ1) is 8.29. The molecule has 18 heavy (non-hydrogen) atoms. The summed E-state index contributed by atoms with van der Waals surface area (Å²) in [5.74, 6) is 0. The molecule has 104 valence electrons. The third-order valence-corrected chi connectivity index (χ3v) is 4.54. The Morgan fingerprint density at radius 1 is 1.39 bits per heavy atom. The zero-order chi connectivity index (χ0) is 12.1. The molecule has 1 fully saturated rings. The maximum absolute atomic E-state index is 6.00. The van der Waals surface area contributed by atoms with Gasteiger partial charge in [0.05, 0.1) is 4.34 Å². The number of nitrogens with zero attached hydrogens (tertiary/aromatic N) is 1. The number of hydrogen-bond donors (Lipinski definition) is 1. The van der Waals surface area contributed by atoms with Crippen LogP contribution < -0.4 is 5.32 Å². The molecule has 1 aromatic heterocycles. The van der Waals surface area contributed by atoms with Gasteiger partial charge in [-0.3, -0.25) is 4.90 Å². The fraction of sp³-hybridized carbons (Fsp3) is 0.692. The number of rotatable bonds is 5. The molecule has 0 radical (unpaired) electrons. The van der Waals surface area contributed by atoms with Crippen LogP contribution in [0.2, 0.25) is 4.34 Å². The minimum Gasteiger partial charge on any atom is -0.317 e. The maximum Gasteiger partial charge on any atom is 0.0931 e. The minimum atomic E-state index is 0. The number of halogens is 2. The Balaban J connectivity index is 0.00000162. The van der Waals surface area contributed by atoms with Gasteiger partial charge in [-0.05, 0) is 51.0 Å². The van der Waals surface area contributed by atoms with Gasteiger partial charge in [0.25, 0.3) is 0 Å². The molecule has 5 heteroatoms. The van der Waals surface area contributed by atoms with Crippen molar-refractivity contribution < 1.29 is 0 Å². The number of hydrogen-bond acceptors (Lipinski definition) is 3. The summed E-state index contributed by atoms with van der Waals surface area (Å²) in [5.41, 5.74) is 0. The number of thiophene rings is 1. The Morgan fingerprint density at radius 2 is 2.11 bits per heavy atom. The van der Waals surface area contributed by atoms with E-state index in [4.69, 9.17) is 11.6 Å².